The zero-order chi connectivity index (χ0) is 13.0. The van der Waals surface area contributed by atoms with Crippen molar-refractivity contribution in [1.29, 1.82) is 0 Å². The van der Waals surface area contributed by atoms with Crippen LogP contribution in [0.2, 0.25) is 0 Å². The molecule has 0 saturated carbocycles. The Balaban J connectivity index is 2.93. The molecule has 0 amide bonds. The van der Waals surface area contributed by atoms with Gasteiger partial charge in [-0.05, 0) is 31.6 Å². The molecular formula is C13H25N3O. The summed E-state index contributed by atoms with van der Waals surface area (Å²) in [6, 6.07) is 0.324. The van der Waals surface area contributed by atoms with Crippen molar-refractivity contribution in [1.82, 2.24) is 15.0 Å². The predicted molar refractivity (Wildman–Crippen MR) is 68.7 cm³/mol. The highest BCUT2D eigenvalue weighted by Crippen LogP contribution is 2.21. The van der Waals surface area contributed by atoms with E-state index in [2.05, 4.69) is 44.9 Å². The highest BCUT2D eigenvalue weighted by atomic mass is 16.3. The molecule has 17 heavy (non-hydrogen) atoms. The fraction of sp³-hybridized carbons (Fsp3) is 0.846. The highest BCUT2D eigenvalue weighted by molar-refractivity contribution is 5.10. The Labute approximate surface area is 104 Å². The van der Waals surface area contributed by atoms with E-state index in [0.717, 1.165) is 24.2 Å². The summed E-state index contributed by atoms with van der Waals surface area (Å²) in [5.41, 5.74) is 1.83. The van der Waals surface area contributed by atoms with E-state index in [1.807, 2.05) is 4.68 Å². The Morgan fingerprint density at radius 3 is 2.29 bits per heavy atom. The largest absolute Gasteiger partial charge is 0.390 e. The Hall–Kier alpha value is -0.900. The van der Waals surface area contributed by atoms with Gasteiger partial charge in [-0.15, -0.1) is 5.10 Å². The van der Waals surface area contributed by atoms with Crippen molar-refractivity contribution in [2.45, 2.75) is 60.1 Å². The van der Waals surface area contributed by atoms with Gasteiger partial charge in [-0.25, -0.2) is 4.68 Å². The molecule has 98 valence electrons. The van der Waals surface area contributed by atoms with Crippen molar-refractivity contribution in [2.24, 2.45) is 11.8 Å². The molecule has 0 aliphatic carbocycles. The molecular weight excluding hydrogens is 214 g/mol. The second-order valence-electron chi connectivity index (χ2n) is 5.50. The van der Waals surface area contributed by atoms with Crippen molar-refractivity contribution in [3.05, 3.63) is 11.4 Å². The lowest BCUT2D eigenvalue weighted by molar-refractivity contribution is 0.274. The van der Waals surface area contributed by atoms with E-state index < -0.39 is 0 Å². The molecule has 0 fully saturated rings. The molecule has 0 aromatic carbocycles. The Morgan fingerprint density at radius 2 is 1.82 bits per heavy atom. The molecule has 1 aromatic heterocycles. The first-order valence-corrected chi connectivity index (χ1v) is 6.51. The summed E-state index contributed by atoms with van der Waals surface area (Å²) in [6.07, 6.45) is 2.04. The lowest BCUT2D eigenvalue weighted by atomic mass is 10.0. The number of aliphatic hydroxyl groups excluding tert-OH is 1. The molecule has 1 rings (SSSR count). The first-order chi connectivity index (χ1) is 7.97. The predicted octanol–water partition coefficient (Wildman–Crippen LogP) is 2.58. The van der Waals surface area contributed by atoms with E-state index in [4.69, 9.17) is 0 Å². The number of nitrogens with zero attached hydrogens (tertiary/aromatic N) is 3. The van der Waals surface area contributed by atoms with Crippen LogP contribution in [0.3, 0.4) is 0 Å². The number of rotatable bonds is 6. The van der Waals surface area contributed by atoms with Crippen LogP contribution in [0.5, 0.6) is 0 Å². The van der Waals surface area contributed by atoms with E-state index in [1.165, 1.54) is 0 Å². The maximum Gasteiger partial charge on any atom is 0.111 e. The van der Waals surface area contributed by atoms with Gasteiger partial charge in [0.05, 0.1) is 18.3 Å². The van der Waals surface area contributed by atoms with Crippen molar-refractivity contribution >= 4 is 0 Å². The molecule has 0 spiro atoms. The summed E-state index contributed by atoms with van der Waals surface area (Å²) in [5.74, 6) is 1.17. The minimum Gasteiger partial charge on any atom is -0.390 e. The van der Waals surface area contributed by atoms with E-state index in [1.54, 1.807) is 0 Å². The number of hydrogen-bond donors (Lipinski definition) is 1. The number of hydrogen-bond acceptors (Lipinski definition) is 3. The summed E-state index contributed by atoms with van der Waals surface area (Å²) in [6.45, 7) is 10.9. The summed E-state index contributed by atoms with van der Waals surface area (Å²) in [7, 11) is 0. The average Bonchev–Trinajstić information content (AvgIpc) is 2.67. The average molecular weight is 239 g/mol. The molecule has 0 bridgehead atoms. The van der Waals surface area contributed by atoms with Gasteiger partial charge in [0, 0.05) is 0 Å². The number of aromatic nitrogens is 3. The maximum atomic E-state index is 9.30. The van der Waals surface area contributed by atoms with E-state index in [0.29, 0.717) is 17.9 Å². The zero-order valence-corrected chi connectivity index (χ0v) is 11.6. The molecule has 4 nitrogen and oxygen atoms in total. The molecule has 1 aromatic rings. The Morgan fingerprint density at radius 1 is 1.18 bits per heavy atom. The van der Waals surface area contributed by atoms with Gasteiger partial charge in [0.1, 0.15) is 5.69 Å². The lowest BCUT2D eigenvalue weighted by Crippen LogP contribution is -2.16. The summed E-state index contributed by atoms with van der Waals surface area (Å²) in [5, 5.41) is 17.6. The molecule has 1 heterocycles. The third kappa shape index (κ3) is 3.53. The molecule has 4 heteroatoms. The SMILES string of the molecule is CC(C)CCc1c(CO)nnn1C(C)C(C)C. The van der Waals surface area contributed by atoms with Gasteiger partial charge < -0.3 is 5.11 Å². The Bertz CT molecular complexity index is 344. The van der Waals surface area contributed by atoms with Crippen LogP contribution in [0.1, 0.15) is 58.5 Å². The standard InChI is InChI=1S/C13H25N3O/c1-9(2)6-7-13-12(8-17)14-15-16(13)11(5)10(3)4/h9-11,17H,6-8H2,1-5H3. The van der Waals surface area contributed by atoms with Crippen molar-refractivity contribution in [3.63, 3.8) is 0 Å². The summed E-state index contributed by atoms with van der Waals surface area (Å²) >= 11 is 0. The molecule has 0 saturated heterocycles. The monoisotopic (exact) mass is 239 g/mol. The van der Waals surface area contributed by atoms with Gasteiger partial charge in [0.2, 0.25) is 0 Å². The van der Waals surface area contributed by atoms with Crippen LogP contribution in [-0.2, 0) is 13.0 Å². The second-order valence-corrected chi connectivity index (χ2v) is 5.50. The fourth-order valence-corrected chi connectivity index (χ4v) is 1.76. The quantitative estimate of drug-likeness (QED) is 0.830. The normalized spacial score (nSPS) is 13.6. The van der Waals surface area contributed by atoms with Crippen LogP contribution in [0, 0.1) is 11.8 Å². The third-order valence-electron chi connectivity index (χ3n) is 3.33. The molecule has 1 unspecified atom stereocenters. The second kappa shape index (κ2) is 6.15. The van der Waals surface area contributed by atoms with Gasteiger partial charge in [-0.2, -0.15) is 0 Å². The van der Waals surface area contributed by atoms with Crippen LogP contribution >= 0.6 is 0 Å². The lowest BCUT2D eigenvalue weighted by Gasteiger charge is -2.19. The third-order valence-corrected chi connectivity index (χ3v) is 3.33. The fourth-order valence-electron chi connectivity index (χ4n) is 1.76. The van der Waals surface area contributed by atoms with Gasteiger partial charge >= 0.3 is 0 Å². The first-order valence-electron chi connectivity index (χ1n) is 6.51. The van der Waals surface area contributed by atoms with Gasteiger partial charge in [-0.1, -0.05) is 32.9 Å². The zero-order valence-electron chi connectivity index (χ0n) is 11.6. The molecule has 0 aliphatic rings. The topological polar surface area (TPSA) is 50.9 Å². The minimum atomic E-state index is -0.0156. The minimum absolute atomic E-state index is 0.0156. The van der Waals surface area contributed by atoms with Gasteiger partial charge in [0.15, 0.2) is 0 Å². The summed E-state index contributed by atoms with van der Waals surface area (Å²) < 4.78 is 1.98. The van der Waals surface area contributed by atoms with Crippen molar-refractivity contribution in [2.75, 3.05) is 0 Å². The van der Waals surface area contributed by atoms with Crippen molar-refractivity contribution < 1.29 is 5.11 Å². The first kappa shape index (κ1) is 14.2. The van der Waals surface area contributed by atoms with Crippen LogP contribution in [-0.4, -0.2) is 20.1 Å². The van der Waals surface area contributed by atoms with Crippen LogP contribution in [0.25, 0.3) is 0 Å². The van der Waals surface area contributed by atoms with Crippen LogP contribution in [0.15, 0.2) is 0 Å². The van der Waals surface area contributed by atoms with Gasteiger partial charge in [0.25, 0.3) is 0 Å². The molecule has 0 radical (unpaired) electrons. The van der Waals surface area contributed by atoms with Crippen molar-refractivity contribution in [3.8, 4) is 0 Å². The van der Waals surface area contributed by atoms with E-state index in [9.17, 15) is 5.11 Å². The van der Waals surface area contributed by atoms with Gasteiger partial charge in [-0.3, -0.25) is 0 Å². The van der Waals surface area contributed by atoms with E-state index >= 15 is 0 Å². The van der Waals surface area contributed by atoms with Crippen LogP contribution < -0.4 is 0 Å². The Kier molecular flexibility index (Phi) is 5.12. The highest BCUT2D eigenvalue weighted by Gasteiger charge is 2.18. The molecule has 1 N–H and O–H groups in total. The van der Waals surface area contributed by atoms with E-state index in [-0.39, 0.29) is 6.61 Å². The molecule has 1 atom stereocenters. The smallest absolute Gasteiger partial charge is 0.111 e. The maximum absolute atomic E-state index is 9.30. The number of aliphatic hydroxyl groups is 1. The van der Waals surface area contributed by atoms with Crippen LogP contribution in [0.4, 0.5) is 0 Å². The summed E-state index contributed by atoms with van der Waals surface area (Å²) in [4.78, 5) is 0. The molecule has 0 aliphatic heterocycles.